The molecule has 0 spiro atoms. The summed E-state index contributed by atoms with van der Waals surface area (Å²) in [5.41, 5.74) is 4.83. The summed E-state index contributed by atoms with van der Waals surface area (Å²) in [5.74, 6) is 0.0552. The van der Waals surface area contributed by atoms with E-state index in [-0.39, 0.29) is 24.8 Å². The van der Waals surface area contributed by atoms with Crippen LogP contribution in [-0.2, 0) is 4.74 Å². The van der Waals surface area contributed by atoms with Crippen molar-refractivity contribution in [2.75, 3.05) is 12.3 Å². The number of aliphatic hydroxyl groups is 2. The standard InChI is InChI=1S/C9H11BrClN3O4.ClH/c10-3-1-14(9(17)13-7(3)12)8-5(11)6(16)4(2-15)18-8;/h1,4-6,8,15-16H,2H2,(H2,12,13,17);1H/t4-,5-,6-,8-;/m1./s1. The number of aromatic nitrogens is 2. The van der Waals surface area contributed by atoms with Crippen molar-refractivity contribution in [2.45, 2.75) is 23.8 Å². The fraction of sp³-hybridized carbons (Fsp3) is 0.556. The fourth-order valence-corrected chi connectivity index (χ4v) is 2.37. The van der Waals surface area contributed by atoms with E-state index < -0.39 is 29.5 Å². The highest BCUT2D eigenvalue weighted by molar-refractivity contribution is 9.10. The molecule has 1 aliphatic heterocycles. The van der Waals surface area contributed by atoms with E-state index in [4.69, 9.17) is 27.2 Å². The molecule has 4 atom stereocenters. The van der Waals surface area contributed by atoms with Crippen LogP contribution in [0.1, 0.15) is 6.23 Å². The third-order valence-electron chi connectivity index (χ3n) is 2.68. The number of nitrogen functional groups attached to an aromatic ring is 1. The minimum absolute atomic E-state index is 0. The van der Waals surface area contributed by atoms with Crippen molar-refractivity contribution in [1.82, 2.24) is 9.55 Å². The normalized spacial score (nSPS) is 30.1. The van der Waals surface area contributed by atoms with Crippen LogP contribution in [-0.4, -0.2) is 44.0 Å². The van der Waals surface area contributed by atoms with Gasteiger partial charge in [-0.2, -0.15) is 4.98 Å². The average Bonchev–Trinajstić information content (AvgIpc) is 2.61. The maximum absolute atomic E-state index is 11.7. The van der Waals surface area contributed by atoms with E-state index in [0.717, 1.165) is 4.57 Å². The molecular weight excluding hydrogens is 365 g/mol. The van der Waals surface area contributed by atoms with Crippen molar-refractivity contribution in [3.05, 3.63) is 21.2 Å². The number of anilines is 1. The van der Waals surface area contributed by atoms with Crippen LogP contribution in [0, 0.1) is 0 Å². The molecule has 2 heterocycles. The summed E-state index contributed by atoms with van der Waals surface area (Å²) >= 11 is 9.12. The Labute approximate surface area is 127 Å². The van der Waals surface area contributed by atoms with E-state index >= 15 is 0 Å². The zero-order chi connectivity index (χ0) is 13.4. The average molecular weight is 377 g/mol. The Hall–Kier alpha value is -0.380. The second kappa shape index (κ2) is 6.38. The number of rotatable bonds is 2. The second-order valence-corrected chi connectivity index (χ2v) is 5.20. The van der Waals surface area contributed by atoms with Crippen molar-refractivity contribution in [3.63, 3.8) is 0 Å². The van der Waals surface area contributed by atoms with Crippen LogP contribution in [0.5, 0.6) is 0 Å². The van der Waals surface area contributed by atoms with Crippen LogP contribution in [0.2, 0.25) is 0 Å². The van der Waals surface area contributed by atoms with Gasteiger partial charge in [-0.3, -0.25) is 4.57 Å². The van der Waals surface area contributed by atoms with Gasteiger partial charge in [0.2, 0.25) is 0 Å². The molecule has 0 amide bonds. The van der Waals surface area contributed by atoms with E-state index in [1.165, 1.54) is 6.20 Å². The molecule has 0 bridgehead atoms. The van der Waals surface area contributed by atoms with Crippen LogP contribution >= 0.6 is 39.9 Å². The molecule has 1 aromatic heterocycles. The lowest BCUT2D eigenvalue weighted by atomic mass is 10.2. The molecular formula is C9H12BrCl2N3O4. The van der Waals surface area contributed by atoms with Crippen LogP contribution in [0.15, 0.2) is 15.5 Å². The predicted octanol–water partition coefficient (Wildman–Crippen LogP) is -0.132. The number of ether oxygens (including phenoxy) is 1. The molecule has 7 nitrogen and oxygen atoms in total. The highest BCUT2D eigenvalue weighted by atomic mass is 79.9. The molecule has 1 aromatic rings. The van der Waals surface area contributed by atoms with Crippen molar-refractivity contribution >= 4 is 45.8 Å². The molecule has 0 aliphatic carbocycles. The lowest BCUT2D eigenvalue weighted by Crippen LogP contribution is -2.33. The molecule has 2 rings (SSSR count). The molecule has 4 N–H and O–H groups in total. The van der Waals surface area contributed by atoms with Gasteiger partial charge in [0.25, 0.3) is 0 Å². The molecule has 19 heavy (non-hydrogen) atoms. The number of alkyl halides is 1. The molecule has 1 fully saturated rings. The smallest absolute Gasteiger partial charge is 0.351 e. The van der Waals surface area contributed by atoms with E-state index in [0.29, 0.717) is 4.47 Å². The van der Waals surface area contributed by atoms with Crippen molar-refractivity contribution < 1.29 is 14.9 Å². The molecule has 0 radical (unpaired) electrons. The molecule has 1 aliphatic rings. The van der Waals surface area contributed by atoms with Gasteiger partial charge in [-0.05, 0) is 15.9 Å². The first-order chi connectivity index (χ1) is 8.45. The van der Waals surface area contributed by atoms with Crippen LogP contribution in [0.4, 0.5) is 5.82 Å². The Morgan fingerprint density at radius 2 is 2.26 bits per heavy atom. The largest absolute Gasteiger partial charge is 0.394 e. The number of hydrogen-bond donors (Lipinski definition) is 3. The first-order valence-corrected chi connectivity index (χ1v) is 6.31. The Balaban J connectivity index is 0.00000180. The van der Waals surface area contributed by atoms with Crippen LogP contribution < -0.4 is 11.4 Å². The third-order valence-corrected chi connectivity index (χ3v) is 3.77. The van der Waals surface area contributed by atoms with Crippen LogP contribution in [0.3, 0.4) is 0 Å². The highest BCUT2D eigenvalue weighted by Crippen LogP contribution is 2.33. The lowest BCUT2D eigenvalue weighted by molar-refractivity contribution is -0.0457. The Bertz CT molecular complexity index is 515. The van der Waals surface area contributed by atoms with Crippen molar-refractivity contribution in [1.29, 1.82) is 0 Å². The topological polar surface area (TPSA) is 111 Å². The Kier molecular flexibility index (Phi) is 5.60. The Morgan fingerprint density at radius 3 is 2.79 bits per heavy atom. The van der Waals surface area contributed by atoms with Gasteiger partial charge in [-0.15, -0.1) is 24.0 Å². The van der Waals surface area contributed by atoms with Gasteiger partial charge in [0.05, 0.1) is 11.1 Å². The Morgan fingerprint density at radius 1 is 1.63 bits per heavy atom. The molecule has 108 valence electrons. The zero-order valence-corrected chi connectivity index (χ0v) is 12.6. The quantitative estimate of drug-likeness (QED) is 0.620. The van der Waals surface area contributed by atoms with Crippen molar-refractivity contribution in [3.8, 4) is 0 Å². The summed E-state index contributed by atoms with van der Waals surface area (Å²) in [6.07, 6.45) is -1.42. The number of halogens is 3. The van der Waals surface area contributed by atoms with Gasteiger partial charge < -0.3 is 20.7 Å². The third kappa shape index (κ3) is 3.04. The fourth-order valence-electron chi connectivity index (χ4n) is 1.72. The molecule has 0 unspecified atom stereocenters. The summed E-state index contributed by atoms with van der Waals surface area (Å²) < 4.78 is 6.86. The van der Waals surface area contributed by atoms with Gasteiger partial charge in [0, 0.05) is 6.20 Å². The first kappa shape index (κ1) is 16.7. The number of nitrogens with zero attached hydrogens (tertiary/aromatic N) is 2. The molecule has 0 saturated carbocycles. The SMILES string of the molecule is Cl.Nc1nc(=O)n([C@@H]2O[C@H](CO)[C@@H](O)[C@H]2Cl)cc1Br. The van der Waals surface area contributed by atoms with E-state index in [9.17, 15) is 9.90 Å². The minimum Gasteiger partial charge on any atom is -0.394 e. The predicted molar refractivity (Wildman–Crippen MR) is 74.5 cm³/mol. The molecule has 10 heteroatoms. The summed E-state index contributed by atoms with van der Waals surface area (Å²) in [6.45, 7) is -0.390. The number of nitrogens with two attached hydrogens (primary N) is 1. The number of aliphatic hydroxyl groups excluding tert-OH is 2. The van der Waals surface area contributed by atoms with Crippen molar-refractivity contribution in [2.24, 2.45) is 0 Å². The van der Waals surface area contributed by atoms with E-state index in [2.05, 4.69) is 20.9 Å². The second-order valence-electron chi connectivity index (χ2n) is 3.85. The highest BCUT2D eigenvalue weighted by Gasteiger charge is 2.43. The summed E-state index contributed by atoms with van der Waals surface area (Å²) in [5, 5.41) is 17.9. The van der Waals surface area contributed by atoms with Crippen LogP contribution in [0.25, 0.3) is 0 Å². The van der Waals surface area contributed by atoms with Gasteiger partial charge in [-0.1, -0.05) is 0 Å². The monoisotopic (exact) mass is 375 g/mol. The van der Waals surface area contributed by atoms with E-state index in [1.807, 2.05) is 0 Å². The maximum Gasteiger partial charge on any atom is 0.351 e. The van der Waals surface area contributed by atoms with Gasteiger partial charge in [0.1, 0.15) is 23.4 Å². The van der Waals surface area contributed by atoms with Gasteiger partial charge >= 0.3 is 5.69 Å². The summed E-state index contributed by atoms with van der Waals surface area (Å²) in [4.78, 5) is 15.3. The lowest BCUT2D eigenvalue weighted by Gasteiger charge is -2.17. The van der Waals surface area contributed by atoms with E-state index in [1.54, 1.807) is 0 Å². The zero-order valence-electron chi connectivity index (χ0n) is 9.44. The molecule has 0 aromatic carbocycles. The first-order valence-electron chi connectivity index (χ1n) is 5.08. The number of hydrogen-bond acceptors (Lipinski definition) is 6. The molecule has 1 saturated heterocycles. The summed E-state index contributed by atoms with van der Waals surface area (Å²) in [7, 11) is 0. The maximum atomic E-state index is 11.7. The van der Waals surface area contributed by atoms with Gasteiger partial charge in [-0.25, -0.2) is 4.79 Å². The minimum atomic E-state index is -1.06. The summed E-state index contributed by atoms with van der Waals surface area (Å²) in [6, 6.07) is 0. The van der Waals surface area contributed by atoms with Gasteiger partial charge in [0.15, 0.2) is 6.23 Å².